The van der Waals surface area contributed by atoms with Gasteiger partial charge in [-0.3, -0.25) is 9.88 Å². The highest BCUT2D eigenvalue weighted by molar-refractivity contribution is 5.18. The van der Waals surface area contributed by atoms with Gasteiger partial charge in [0.15, 0.2) is 0 Å². The molecule has 1 saturated heterocycles. The first-order valence-electron chi connectivity index (χ1n) is 9.12. The van der Waals surface area contributed by atoms with Gasteiger partial charge < -0.3 is 9.73 Å². The highest BCUT2D eigenvalue weighted by Gasteiger charge is 2.36. The van der Waals surface area contributed by atoms with E-state index in [1.807, 2.05) is 18.5 Å². The van der Waals surface area contributed by atoms with Crippen molar-refractivity contribution in [2.75, 3.05) is 20.1 Å². The zero-order valence-corrected chi connectivity index (χ0v) is 14.6. The molecule has 0 aromatic carbocycles. The highest BCUT2D eigenvalue weighted by atomic mass is 16.3. The van der Waals surface area contributed by atoms with Crippen LogP contribution in [0.4, 0.5) is 0 Å². The van der Waals surface area contributed by atoms with Crippen molar-refractivity contribution >= 4 is 0 Å². The molecule has 0 radical (unpaired) electrons. The van der Waals surface area contributed by atoms with Crippen LogP contribution in [-0.4, -0.2) is 30.0 Å². The molecule has 2 aliphatic rings. The molecule has 128 valence electrons. The zero-order chi connectivity index (χ0) is 16.5. The minimum Gasteiger partial charge on any atom is -0.464 e. The van der Waals surface area contributed by atoms with Gasteiger partial charge in [-0.2, -0.15) is 0 Å². The van der Waals surface area contributed by atoms with Crippen LogP contribution in [0.2, 0.25) is 0 Å². The van der Waals surface area contributed by atoms with Gasteiger partial charge >= 0.3 is 0 Å². The zero-order valence-electron chi connectivity index (χ0n) is 14.6. The summed E-state index contributed by atoms with van der Waals surface area (Å²) >= 11 is 0. The van der Waals surface area contributed by atoms with E-state index in [9.17, 15) is 0 Å². The molecule has 24 heavy (non-hydrogen) atoms. The molecular formula is C20H27N3O. The van der Waals surface area contributed by atoms with E-state index >= 15 is 0 Å². The predicted octanol–water partition coefficient (Wildman–Crippen LogP) is 3.58. The van der Waals surface area contributed by atoms with Gasteiger partial charge in [0.1, 0.15) is 11.5 Å². The quantitative estimate of drug-likeness (QED) is 0.881. The molecule has 0 unspecified atom stereocenters. The summed E-state index contributed by atoms with van der Waals surface area (Å²) in [6.07, 6.45) is 6.36. The van der Waals surface area contributed by atoms with Gasteiger partial charge in [0.25, 0.3) is 0 Å². The van der Waals surface area contributed by atoms with E-state index in [0.29, 0.717) is 17.9 Å². The fourth-order valence-electron chi connectivity index (χ4n) is 4.11. The van der Waals surface area contributed by atoms with E-state index < -0.39 is 0 Å². The normalized spacial score (nSPS) is 29.9. The Balaban J connectivity index is 1.32. The van der Waals surface area contributed by atoms with Crippen LogP contribution in [0.15, 0.2) is 41.1 Å². The van der Waals surface area contributed by atoms with Crippen molar-refractivity contribution in [1.29, 1.82) is 0 Å². The Morgan fingerprint density at radius 1 is 1.33 bits per heavy atom. The Bertz CT molecular complexity index is 669. The summed E-state index contributed by atoms with van der Waals surface area (Å²) in [5.41, 5.74) is 1.33. The number of hydrogen-bond acceptors (Lipinski definition) is 4. The number of hydrogen-bond donors (Lipinski definition) is 1. The third kappa shape index (κ3) is 3.26. The van der Waals surface area contributed by atoms with Gasteiger partial charge in [0.2, 0.25) is 0 Å². The van der Waals surface area contributed by atoms with Gasteiger partial charge in [0, 0.05) is 30.9 Å². The van der Waals surface area contributed by atoms with Crippen molar-refractivity contribution in [2.45, 2.75) is 38.3 Å². The van der Waals surface area contributed by atoms with Crippen molar-refractivity contribution < 1.29 is 4.42 Å². The van der Waals surface area contributed by atoms with E-state index in [0.717, 1.165) is 31.3 Å². The molecule has 4 heteroatoms. The summed E-state index contributed by atoms with van der Waals surface area (Å²) in [5, 5.41) is 3.61. The average molecular weight is 325 g/mol. The lowest BCUT2D eigenvalue weighted by atomic mass is 9.95. The number of likely N-dealkylation sites (tertiary alicyclic amines) is 1. The van der Waals surface area contributed by atoms with Crippen LogP contribution < -0.4 is 5.32 Å². The summed E-state index contributed by atoms with van der Waals surface area (Å²) < 4.78 is 5.99. The van der Waals surface area contributed by atoms with Crippen molar-refractivity contribution in [3.8, 4) is 0 Å². The van der Waals surface area contributed by atoms with Gasteiger partial charge in [-0.25, -0.2) is 0 Å². The molecule has 2 aromatic rings. The lowest BCUT2D eigenvalue weighted by Gasteiger charge is -2.25. The monoisotopic (exact) mass is 325 g/mol. The smallest absolute Gasteiger partial charge is 0.117 e. The Morgan fingerprint density at radius 3 is 2.96 bits per heavy atom. The Labute approximate surface area is 144 Å². The molecule has 1 N–H and O–H groups in total. The van der Waals surface area contributed by atoms with Crippen molar-refractivity contribution in [2.24, 2.45) is 11.8 Å². The summed E-state index contributed by atoms with van der Waals surface area (Å²) in [5.74, 6) is 4.32. The Morgan fingerprint density at radius 2 is 2.21 bits per heavy atom. The van der Waals surface area contributed by atoms with Crippen LogP contribution in [0, 0.1) is 11.8 Å². The van der Waals surface area contributed by atoms with Crippen LogP contribution in [0.25, 0.3) is 0 Å². The second kappa shape index (κ2) is 6.69. The molecule has 1 saturated carbocycles. The predicted molar refractivity (Wildman–Crippen MR) is 94.7 cm³/mol. The summed E-state index contributed by atoms with van der Waals surface area (Å²) in [6.45, 7) is 5.28. The summed E-state index contributed by atoms with van der Waals surface area (Å²) in [7, 11) is 2.22. The molecular weight excluding hydrogens is 298 g/mol. The maximum atomic E-state index is 5.99. The fraction of sp³-hybridized carbons (Fsp3) is 0.550. The van der Waals surface area contributed by atoms with Crippen LogP contribution in [0.5, 0.6) is 0 Å². The van der Waals surface area contributed by atoms with Crippen LogP contribution in [0.1, 0.15) is 48.8 Å². The van der Waals surface area contributed by atoms with E-state index in [2.05, 4.69) is 47.4 Å². The number of rotatable bonds is 6. The topological polar surface area (TPSA) is 41.3 Å². The molecule has 0 bridgehead atoms. The van der Waals surface area contributed by atoms with Crippen LogP contribution >= 0.6 is 0 Å². The molecule has 1 aliphatic carbocycles. The average Bonchev–Trinajstić information content (AvgIpc) is 2.98. The van der Waals surface area contributed by atoms with Gasteiger partial charge in [-0.1, -0.05) is 13.0 Å². The van der Waals surface area contributed by atoms with Crippen LogP contribution in [-0.2, 0) is 6.54 Å². The number of pyridine rings is 1. The lowest BCUT2D eigenvalue weighted by molar-refractivity contribution is 0.270. The maximum Gasteiger partial charge on any atom is 0.117 e. The molecule has 4 rings (SSSR count). The second-order valence-corrected chi connectivity index (χ2v) is 7.52. The number of nitrogens with zero attached hydrogens (tertiary/aromatic N) is 2. The minimum absolute atomic E-state index is 0.464. The summed E-state index contributed by atoms with van der Waals surface area (Å²) in [4.78, 5) is 6.74. The van der Waals surface area contributed by atoms with Crippen LogP contribution in [0.3, 0.4) is 0 Å². The second-order valence-electron chi connectivity index (χ2n) is 7.52. The van der Waals surface area contributed by atoms with E-state index in [1.165, 1.54) is 24.2 Å². The molecule has 3 heterocycles. The standard InChI is InChI=1S/C20H27N3O/c1-14-10-18(14)19-6-5-17(24-19)13-22-12-16-7-9-23(2)20(16)15-4-3-8-21-11-15/h3-6,8,11,14,16,18,20,22H,7,9-10,12-13H2,1-2H3/t14-,16-,18-,20-/m0/s1. The van der Waals surface area contributed by atoms with Gasteiger partial charge in [-0.05, 0) is 62.0 Å². The SMILES string of the molecule is C[C@H]1C[C@@H]1c1ccc(CNC[C@@H]2CCN(C)[C@H]2c2cccnc2)o1. The number of furan rings is 1. The molecule has 0 amide bonds. The molecule has 2 aromatic heterocycles. The van der Waals surface area contributed by atoms with Crippen molar-refractivity contribution in [3.05, 3.63) is 53.7 Å². The molecule has 4 atom stereocenters. The Hall–Kier alpha value is -1.65. The molecule has 4 nitrogen and oxygen atoms in total. The van der Waals surface area contributed by atoms with Gasteiger partial charge in [0.05, 0.1) is 6.54 Å². The first-order chi connectivity index (χ1) is 11.7. The number of aromatic nitrogens is 1. The minimum atomic E-state index is 0.464. The van der Waals surface area contributed by atoms with E-state index in [1.54, 1.807) is 0 Å². The Kier molecular flexibility index (Phi) is 4.42. The third-order valence-corrected chi connectivity index (χ3v) is 5.66. The largest absolute Gasteiger partial charge is 0.464 e. The fourth-order valence-corrected chi connectivity index (χ4v) is 4.11. The first kappa shape index (κ1) is 15.9. The number of nitrogens with one attached hydrogen (secondary N) is 1. The molecule has 1 aliphatic heterocycles. The molecule has 0 spiro atoms. The van der Waals surface area contributed by atoms with E-state index in [4.69, 9.17) is 4.42 Å². The van der Waals surface area contributed by atoms with Crippen molar-refractivity contribution in [3.63, 3.8) is 0 Å². The van der Waals surface area contributed by atoms with E-state index in [-0.39, 0.29) is 0 Å². The van der Waals surface area contributed by atoms with Gasteiger partial charge in [-0.15, -0.1) is 0 Å². The first-order valence-corrected chi connectivity index (χ1v) is 9.12. The lowest BCUT2D eigenvalue weighted by Crippen LogP contribution is -2.28. The van der Waals surface area contributed by atoms with Crippen molar-refractivity contribution in [1.82, 2.24) is 15.2 Å². The highest BCUT2D eigenvalue weighted by Crippen LogP contribution is 2.47. The summed E-state index contributed by atoms with van der Waals surface area (Å²) in [6, 6.07) is 8.99. The maximum absolute atomic E-state index is 5.99. The third-order valence-electron chi connectivity index (χ3n) is 5.66. The molecule has 2 fully saturated rings.